The van der Waals surface area contributed by atoms with Crippen molar-refractivity contribution in [3.63, 3.8) is 0 Å². The van der Waals surface area contributed by atoms with Gasteiger partial charge in [-0.2, -0.15) is 0 Å². The van der Waals surface area contributed by atoms with E-state index in [1.807, 2.05) is 24.3 Å². The average Bonchev–Trinajstić information content (AvgIpc) is 2.62. The summed E-state index contributed by atoms with van der Waals surface area (Å²) in [4.78, 5) is 12.5. The van der Waals surface area contributed by atoms with Gasteiger partial charge in [0.1, 0.15) is 11.9 Å². The molecule has 0 spiro atoms. The van der Waals surface area contributed by atoms with E-state index in [9.17, 15) is 4.79 Å². The largest absolute Gasteiger partial charge is 0.497 e. The number of alkyl halides is 3. The highest BCUT2D eigenvalue weighted by molar-refractivity contribution is 14.1. The van der Waals surface area contributed by atoms with Gasteiger partial charge in [-0.25, -0.2) is 0 Å². The molecule has 27 heavy (non-hydrogen) atoms. The number of benzene rings is 2. The van der Waals surface area contributed by atoms with E-state index >= 15 is 0 Å². The van der Waals surface area contributed by atoms with Gasteiger partial charge < -0.3 is 20.7 Å². The zero-order valence-electron chi connectivity index (χ0n) is 13.9. The van der Waals surface area contributed by atoms with Gasteiger partial charge in [-0.3, -0.25) is 4.79 Å². The summed E-state index contributed by atoms with van der Waals surface area (Å²) in [5.74, 6) is 0.0896. The van der Waals surface area contributed by atoms with Crippen LogP contribution in [0.1, 0.15) is 10.4 Å². The number of carbonyl (C=O) groups is 1. The van der Waals surface area contributed by atoms with Gasteiger partial charge in [0.15, 0.2) is 5.11 Å². The molecule has 144 valence electrons. The molecule has 0 radical (unpaired) electrons. The molecule has 1 amide bonds. The molecular weight excluding hydrogens is 544 g/mol. The van der Waals surface area contributed by atoms with Crippen LogP contribution in [0.15, 0.2) is 48.5 Å². The molecule has 2 aromatic carbocycles. The summed E-state index contributed by atoms with van der Waals surface area (Å²) in [6.07, 6.45) is -1.06. The standard InChI is InChI=1S/C17H15Cl3IN3O2S/c1-26-13-4-2-3-10(9-13)14(25)23-15(17(18,19)20)24-16(27)22-12-7-5-11(21)6-8-12/h2-9,15H,1H3,(H,23,25)(H2,22,24,27)/t15-/m1/s1. The number of halogens is 4. The number of hydrogen-bond acceptors (Lipinski definition) is 3. The molecular formula is C17H15Cl3IN3O2S. The van der Waals surface area contributed by atoms with Crippen molar-refractivity contribution < 1.29 is 9.53 Å². The van der Waals surface area contributed by atoms with Crippen molar-refractivity contribution >= 4 is 86.3 Å². The van der Waals surface area contributed by atoms with Crippen LogP contribution in [0.4, 0.5) is 5.69 Å². The summed E-state index contributed by atoms with van der Waals surface area (Å²) in [6.45, 7) is 0. The normalized spacial score (nSPS) is 12.0. The fourth-order valence-electron chi connectivity index (χ4n) is 2.01. The lowest BCUT2D eigenvalue weighted by molar-refractivity contribution is 0.0934. The van der Waals surface area contributed by atoms with Crippen molar-refractivity contribution in [2.75, 3.05) is 12.4 Å². The Morgan fingerprint density at radius 2 is 1.81 bits per heavy atom. The summed E-state index contributed by atoms with van der Waals surface area (Å²) >= 11 is 25.4. The van der Waals surface area contributed by atoms with Crippen LogP contribution in [-0.2, 0) is 0 Å². The number of anilines is 1. The van der Waals surface area contributed by atoms with Crippen LogP contribution in [0, 0.1) is 3.57 Å². The summed E-state index contributed by atoms with van der Waals surface area (Å²) in [7, 11) is 1.51. The maximum Gasteiger partial charge on any atom is 0.253 e. The SMILES string of the molecule is COc1cccc(C(=O)N[C@H](NC(=S)Nc2ccc(I)cc2)C(Cl)(Cl)Cl)c1. The number of ether oxygens (including phenoxy) is 1. The van der Waals surface area contributed by atoms with E-state index in [-0.39, 0.29) is 5.11 Å². The minimum Gasteiger partial charge on any atom is -0.497 e. The van der Waals surface area contributed by atoms with Crippen LogP contribution in [0.5, 0.6) is 5.75 Å². The Hall–Kier alpha value is -1.000. The Bertz CT molecular complexity index is 816. The van der Waals surface area contributed by atoms with Gasteiger partial charge in [0.25, 0.3) is 5.91 Å². The molecule has 0 heterocycles. The van der Waals surface area contributed by atoms with Gasteiger partial charge in [0.05, 0.1) is 7.11 Å². The second kappa shape index (κ2) is 9.97. The van der Waals surface area contributed by atoms with Crippen molar-refractivity contribution in [1.29, 1.82) is 0 Å². The van der Waals surface area contributed by atoms with Gasteiger partial charge in [0, 0.05) is 14.8 Å². The zero-order valence-corrected chi connectivity index (χ0v) is 19.2. The number of hydrogen-bond donors (Lipinski definition) is 3. The number of rotatable bonds is 5. The Morgan fingerprint density at radius 3 is 2.41 bits per heavy atom. The summed E-state index contributed by atoms with van der Waals surface area (Å²) in [5.41, 5.74) is 1.11. The third-order valence-electron chi connectivity index (χ3n) is 3.31. The van der Waals surface area contributed by atoms with E-state index in [0.717, 1.165) is 9.26 Å². The summed E-state index contributed by atoms with van der Waals surface area (Å²) < 4.78 is 4.36. The summed E-state index contributed by atoms with van der Waals surface area (Å²) in [5, 5.41) is 8.59. The quantitative estimate of drug-likeness (QED) is 0.215. The van der Waals surface area contributed by atoms with E-state index in [1.54, 1.807) is 24.3 Å². The lowest BCUT2D eigenvalue weighted by Gasteiger charge is -2.27. The fraction of sp³-hybridized carbons (Fsp3) is 0.176. The van der Waals surface area contributed by atoms with E-state index in [1.165, 1.54) is 7.11 Å². The van der Waals surface area contributed by atoms with Crippen molar-refractivity contribution in [3.05, 3.63) is 57.7 Å². The molecule has 0 bridgehead atoms. The molecule has 3 N–H and O–H groups in total. The molecule has 2 rings (SSSR count). The van der Waals surface area contributed by atoms with Crippen molar-refractivity contribution in [1.82, 2.24) is 10.6 Å². The first-order valence-corrected chi connectivity index (χ1v) is 10.2. The number of methoxy groups -OCH3 is 1. The Morgan fingerprint density at radius 1 is 1.15 bits per heavy atom. The minimum atomic E-state index is -1.84. The fourth-order valence-corrected chi connectivity index (χ4v) is 2.93. The van der Waals surface area contributed by atoms with Gasteiger partial charge in [-0.1, -0.05) is 40.9 Å². The van der Waals surface area contributed by atoms with Crippen LogP contribution in [-0.4, -0.2) is 28.1 Å². The van der Waals surface area contributed by atoms with Crippen LogP contribution < -0.4 is 20.7 Å². The monoisotopic (exact) mass is 557 g/mol. The number of amides is 1. The van der Waals surface area contributed by atoms with Gasteiger partial charge >= 0.3 is 0 Å². The molecule has 0 saturated heterocycles. The molecule has 0 fully saturated rings. The molecule has 10 heteroatoms. The molecule has 0 aromatic heterocycles. The second-order valence-corrected chi connectivity index (χ2v) is 9.31. The molecule has 0 aliphatic heterocycles. The highest BCUT2D eigenvalue weighted by atomic mass is 127. The first kappa shape index (κ1) is 22.3. The number of carbonyl (C=O) groups excluding carboxylic acids is 1. The van der Waals surface area contributed by atoms with Gasteiger partial charge in [-0.05, 0) is 77.3 Å². The zero-order chi connectivity index (χ0) is 20.0. The molecule has 0 aliphatic rings. The molecule has 0 saturated carbocycles. The summed E-state index contributed by atoms with van der Waals surface area (Å²) in [6, 6.07) is 14.2. The molecule has 0 aliphatic carbocycles. The number of nitrogens with one attached hydrogen (secondary N) is 3. The topological polar surface area (TPSA) is 62.4 Å². The van der Waals surface area contributed by atoms with Crippen molar-refractivity contribution in [2.24, 2.45) is 0 Å². The minimum absolute atomic E-state index is 0.193. The maximum absolute atomic E-state index is 12.5. The Kier molecular flexibility index (Phi) is 8.23. The lowest BCUT2D eigenvalue weighted by atomic mass is 10.2. The third kappa shape index (κ3) is 7.15. The molecule has 0 unspecified atom stereocenters. The lowest BCUT2D eigenvalue weighted by Crippen LogP contribution is -2.56. The molecule has 1 atom stereocenters. The Labute approximate surface area is 191 Å². The third-order valence-corrected chi connectivity index (χ3v) is 4.91. The van der Waals surface area contributed by atoms with Gasteiger partial charge in [0.2, 0.25) is 3.79 Å². The Balaban J connectivity index is 2.07. The van der Waals surface area contributed by atoms with E-state index in [2.05, 4.69) is 38.5 Å². The smallest absolute Gasteiger partial charge is 0.253 e. The molecule has 5 nitrogen and oxygen atoms in total. The first-order valence-electron chi connectivity index (χ1n) is 7.54. The van der Waals surface area contributed by atoms with Crippen molar-refractivity contribution in [3.8, 4) is 5.75 Å². The predicted molar refractivity (Wildman–Crippen MR) is 123 cm³/mol. The second-order valence-electron chi connectivity index (χ2n) is 5.29. The maximum atomic E-state index is 12.5. The number of thiocarbonyl (C=S) groups is 1. The van der Waals surface area contributed by atoms with E-state index in [4.69, 9.17) is 51.8 Å². The van der Waals surface area contributed by atoms with Gasteiger partial charge in [-0.15, -0.1) is 0 Å². The van der Waals surface area contributed by atoms with Crippen LogP contribution in [0.25, 0.3) is 0 Å². The van der Waals surface area contributed by atoms with E-state index < -0.39 is 15.9 Å². The van der Waals surface area contributed by atoms with Crippen LogP contribution in [0.3, 0.4) is 0 Å². The highest BCUT2D eigenvalue weighted by Crippen LogP contribution is 2.29. The van der Waals surface area contributed by atoms with E-state index in [0.29, 0.717) is 11.3 Å². The highest BCUT2D eigenvalue weighted by Gasteiger charge is 2.35. The molecule has 2 aromatic rings. The predicted octanol–water partition coefficient (Wildman–Crippen LogP) is 4.71. The average molecular weight is 559 g/mol. The van der Waals surface area contributed by atoms with Crippen LogP contribution >= 0.6 is 69.6 Å². The van der Waals surface area contributed by atoms with Crippen LogP contribution in [0.2, 0.25) is 0 Å². The first-order chi connectivity index (χ1) is 12.7. The van der Waals surface area contributed by atoms with Crippen molar-refractivity contribution in [2.45, 2.75) is 9.96 Å².